The minimum absolute atomic E-state index is 0. The SMILES string of the molecule is CN=C(NCCC(F)(F)F)NCc1cccc(OCCN(C)C)c1.I. The summed E-state index contributed by atoms with van der Waals surface area (Å²) in [6, 6.07) is 7.55. The Bertz CT molecular complexity index is 524. The molecule has 1 aromatic carbocycles. The van der Waals surface area contributed by atoms with Crippen molar-refractivity contribution in [1.29, 1.82) is 0 Å². The van der Waals surface area contributed by atoms with Crippen LogP contribution in [0.2, 0.25) is 0 Å². The van der Waals surface area contributed by atoms with Crippen molar-refractivity contribution in [2.24, 2.45) is 4.99 Å². The molecule has 0 fully saturated rings. The van der Waals surface area contributed by atoms with Crippen LogP contribution in [0.25, 0.3) is 0 Å². The van der Waals surface area contributed by atoms with E-state index in [-0.39, 0.29) is 30.5 Å². The summed E-state index contributed by atoms with van der Waals surface area (Å²) in [6.07, 6.45) is -5.08. The quantitative estimate of drug-likeness (QED) is 0.346. The third kappa shape index (κ3) is 11.9. The standard InChI is InChI=1S/C16H25F3N4O.HI/c1-20-15(21-8-7-16(17,18)19)22-12-13-5-4-6-14(11-13)24-10-9-23(2)3;/h4-6,11H,7-10,12H2,1-3H3,(H2,20,21,22);1H. The fraction of sp³-hybridized carbons (Fsp3) is 0.562. The van der Waals surface area contributed by atoms with E-state index < -0.39 is 12.6 Å². The summed E-state index contributed by atoms with van der Waals surface area (Å²) in [5.41, 5.74) is 0.955. The van der Waals surface area contributed by atoms with Crippen molar-refractivity contribution < 1.29 is 17.9 Å². The summed E-state index contributed by atoms with van der Waals surface area (Å²) in [5.74, 6) is 1.09. The van der Waals surface area contributed by atoms with Crippen LogP contribution < -0.4 is 15.4 Å². The molecule has 0 spiro atoms. The maximum atomic E-state index is 12.1. The lowest BCUT2D eigenvalue weighted by molar-refractivity contribution is -0.132. The van der Waals surface area contributed by atoms with Gasteiger partial charge in [-0.05, 0) is 31.8 Å². The van der Waals surface area contributed by atoms with Crippen molar-refractivity contribution in [2.45, 2.75) is 19.1 Å². The summed E-state index contributed by atoms with van der Waals surface area (Å²) in [7, 11) is 5.46. The Morgan fingerprint density at radius 2 is 1.96 bits per heavy atom. The van der Waals surface area contributed by atoms with E-state index >= 15 is 0 Å². The van der Waals surface area contributed by atoms with Gasteiger partial charge in [-0.1, -0.05) is 12.1 Å². The molecule has 0 aliphatic rings. The first-order valence-corrected chi connectivity index (χ1v) is 7.68. The summed E-state index contributed by atoms with van der Waals surface area (Å²) >= 11 is 0. The molecule has 1 aromatic rings. The van der Waals surface area contributed by atoms with E-state index in [0.29, 0.717) is 19.1 Å². The first-order valence-electron chi connectivity index (χ1n) is 7.68. The lowest BCUT2D eigenvalue weighted by atomic mass is 10.2. The van der Waals surface area contributed by atoms with E-state index in [1.807, 2.05) is 43.3 Å². The second-order valence-corrected chi connectivity index (χ2v) is 5.52. The molecule has 0 aromatic heterocycles. The normalized spacial score (nSPS) is 11.9. The number of nitrogens with one attached hydrogen (secondary N) is 2. The molecule has 0 unspecified atom stereocenters. The summed E-state index contributed by atoms with van der Waals surface area (Å²) in [4.78, 5) is 5.93. The summed E-state index contributed by atoms with van der Waals surface area (Å²) < 4.78 is 42.1. The average molecular weight is 474 g/mol. The molecule has 2 N–H and O–H groups in total. The smallest absolute Gasteiger partial charge is 0.390 e. The van der Waals surface area contributed by atoms with Crippen molar-refractivity contribution in [2.75, 3.05) is 40.8 Å². The van der Waals surface area contributed by atoms with Gasteiger partial charge in [-0.3, -0.25) is 4.99 Å². The zero-order valence-electron chi connectivity index (χ0n) is 14.7. The van der Waals surface area contributed by atoms with E-state index in [2.05, 4.69) is 15.6 Å². The molecule has 0 saturated heterocycles. The van der Waals surface area contributed by atoms with Gasteiger partial charge in [0.2, 0.25) is 0 Å². The first-order chi connectivity index (χ1) is 11.3. The first kappa shape index (κ1) is 23.8. The van der Waals surface area contributed by atoms with E-state index in [0.717, 1.165) is 17.9 Å². The molecule has 0 saturated carbocycles. The van der Waals surface area contributed by atoms with Gasteiger partial charge in [-0.2, -0.15) is 13.2 Å². The van der Waals surface area contributed by atoms with Crippen LogP contribution in [0.1, 0.15) is 12.0 Å². The molecule has 0 bridgehead atoms. The van der Waals surface area contributed by atoms with Crippen LogP contribution in [0.15, 0.2) is 29.3 Å². The van der Waals surface area contributed by atoms with Crippen LogP contribution in [-0.4, -0.2) is 57.9 Å². The van der Waals surface area contributed by atoms with Crippen molar-refractivity contribution in [3.8, 4) is 5.75 Å². The monoisotopic (exact) mass is 474 g/mol. The fourth-order valence-electron chi connectivity index (χ4n) is 1.82. The Morgan fingerprint density at radius 3 is 2.56 bits per heavy atom. The van der Waals surface area contributed by atoms with Gasteiger partial charge in [0.1, 0.15) is 12.4 Å². The third-order valence-electron chi connectivity index (χ3n) is 3.09. The number of hydrogen-bond acceptors (Lipinski definition) is 3. The van der Waals surface area contributed by atoms with Crippen LogP contribution in [-0.2, 0) is 6.54 Å². The zero-order valence-corrected chi connectivity index (χ0v) is 17.0. The Hall–Kier alpha value is -1.23. The number of guanidine groups is 1. The Kier molecular flexibility index (Phi) is 11.6. The molecule has 25 heavy (non-hydrogen) atoms. The number of hydrogen-bond donors (Lipinski definition) is 2. The van der Waals surface area contributed by atoms with Gasteiger partial charge in [0.25, 0.3) is 0 Å². The summed E-state index contributed by atoms with van der Waals surface area (Å²) in [6.45, 7) is 1.64. The number of rotatable bonds is 8. The number of benzene rings is 1. The summed E-state index contributed by atoms with van der Waals surface area (Å²) in [5, 5.41) is 5.62. The number of halogens is 4. The van der Waals surface area contributed by atoms with Gasteiger partial charge in [0.05, 0.1) is 6.42 Å². The van der Waals surface area contributed by atoms with Gasteiger partial charge in [0.15, 0.2) is 5.96 Å². The molecule has 0 atom stereocenters. The van der Waals surface area contributed by atoms with Crippen LogP contribution in [0.5, 0.6) is 5.75 Å². The molecule has 0 amide bonds. The molecule has 0 radical (unpaired) electrons. The molecule has 1 rings (SSSR count). The third-order valence-corrected chi connectivity index (χ3v) is 3.09. The topological polar surface area (TPSA) is 48.9 Å². The maximum absolute atomic E-state index is 12.1. The Labute approximate surface area is 164 Å². The zero-order chi connectivity index (χ0) is 18.0. The number of nitrogens with zero attached hydrogens (tertiary/aromatic N) is 2. The van der Waals surface area contributed by atoms with Gasteiger partial charge in [-0.25, -0.2) is 0 Å². The molecule has 5 nitrogen and oxygen atoms in total. The van der Waals surface area contributed by atoms with Crippen molar-refractivity contribution in [3.63, 3.8) is 0 Å². The van der Waals surface area contributed by atoms with Crippen LogP contribution in [0, 0.1) is 0 Å². The molecule has 0 heterocycles. The molecular weight excluding hydrogens is 448 g/mol. The van der Waals surface area contributed by atoms with E-state index in [1.54, 1.807) is 0 Å². The highest BCUT2D eigenvalue weighted by molar-refractivity contribution is 14.0. The number of ether oxygens (including phenoxy) is 1. The second-order valence-electron chi connectivity index (χ2n) is 5.52. The molecule has 0 aliphatic carbocycles. The van der Waals surface area contributed by atoms with E-state index in [1.165, 1.54) is 7.05 Å². The minimum atomic E-state index is -4.18. The average Bonchev–Trinajstić information content (AvgIpc) is 2.49. The highest BCUT2D eigenvalue weighted by Gasteiger charge is 2.26. The molecule has 9 heteroatoms. The van der Waals surface area contributed by atoms with Gasteiger partial charge in [-0.15, -0.1) is 24.0 Å². The van der Waals surface area contributed by atoms with Crippen molar-refractivity contribution >= 4 is 29.9 Å². The largest absolute Gasteiger partial charge is 0.492 e. The maximum Gasteiger partial charge on any atom is 0.390 e. The second kappa shape index (κ2) is 12.2. The molecule has 0 aliphatic heterocycles. The lowest BCUT2D eigenvalue weighted by Crippen LogP contribution is -2.38. The van der Waals surface area contributed by atoms with Gasteiger partial charge in [0, 0.05) is 26.7 Å². The lowest BCUT2D eigenvalue weighted by Gasteiger charge is -2.14. The van der Waals surface area contributed by atoms with E-state index in [9.17, 15) is 13.2 Å². The van der Waals surface area contributed by atoms with Crippen LogP contribution in [0.3, 0.4) is 0 Å². The van der Waals surface area contributed by atoms with Crippen LogP contribution >= 0.6 is 24.0 Å². The van der Waals surface area contributed by atoms with Crippen molar-refractivity contribution in [1.82, 2.24) is 15.5 Å². The number of likely N-dealkylation sites (N-methyl/N-ethyl adjacent to an activating group) is 1. The highest BCUT2D eigenvalue weighted by atomic mass is 127. The van der Waals surface area contributed by atoms with Crippen LogP contribution in [0.4, 0.5) is 13.2 Å². The molecular formula is C16H26F3IN4O. The van der Waals surface area contributed by atoms with Gasteiger partial charge < -0.3 is 20.3 Å². The number of aliphatic imine (C=N–C) groups is 1. The van der Waals surface area contributed by atoms with Crippen molar-refractivity contribution in [3.05, 3.63) is 29.8 Å². The Balaban J connectivity index is 0.00000576. The fourth-order valence-corrected chi connectivity index (χ4v) is 1.82. The predicted octanol–water partition coefficient (Wildman–Crippen LogP) is 2.86. The highest BCUT2D eigenvalue weighted by Crippen LogP contribution is 2.18. The number of alkyl halides is 3. The molecule has 144 valence electrons. The minimum Gasteiger partial charge on any atom is -0.492 e. The van der Waals surface area contributed by atoms with Gasteiger partial charge >= 0.3 is 6.18 Å². The van der Waals surface area contributed by atoms with E-state index in [4.69, 9.17) is 4.74 Å². The predicted molar refractivity (Wildman–Crippen MR) is 105 cm³/mol. The Morgan fingerprint density at radius 1 is 1.24 bits per heavy atom.